The van der Waals surface area contributed by atoms with Crippen molar-refractivity contribution in [2.75, 3.05) is 0 Å². The third-order valence-electron chi connectivity index (χ3n) is 2.83. The summed E-state index contributed by atoms with van der Waals surface area (Å²) < 4.78 is 14.9. The van der Waals surface area contributed by atoms with Crippen molar-refractivity contribution in [1.29, 1.82) is 0 Å². The van der Waals surface area contributed by atoms with Crippen LogP contribution in [0.1, 0.15) is 0 Å². The first-order valence-electron chi connectivity index (χ1n) is 6.22. The van der Waals surface area contributed by atoms with Gasteiger partial charge in [-0.25, -0.2) is 14.1 Å². The van der Waals surface area contributed by atoms with Gasteiger partial charge in [0, 0.05) is 17.6 Å². The first kappa shape index (κ1) is 14.0. The summed E-state index contributed by atoms with van der Waals surface area (Å²) in [6.07, 6.45) is 0. The van der Waals surface area contributed by atoms with Gasteiger partial charge in [0.15, 0.2) is 0 Å². The van der Waals surface area contributed by atoms with E-state index in [0.717, 1.165) is 10.6 Å². The average Bonchev–Trinajstić information content (AvgIpc) is 2.81. The maximum absolute atomic E-state index is 13.2. The van der Waals surface area contributed by atoms with Crippen molar-refractivity contribution >= 4 is 28.6 Å². The van der Waals surface area contributed by atoms with Crippen molar-refractivity contribution in [2.24, 2.45) is 12.0 Å². The summed E-state index contributed by atoms with van der Waals surface area (Å²) >= 11 is 7.32. The second kappa shape index (κ2) is 5.79. The Labute approximate surface area is 130 Å². The molecule has 0 fully saturated rings. The highest BCUT2D eigenvalue weighted by Gasteiger charge is 2.05. The zero-order chi connectivity index (χ0) is 14.8. The molecule has 21 heavy (non-hydrogen) atoms. The van der Waals surface area contributed by atoms with Crippen molar-refractivity contribution in [2.45, 2.75) is 0 Å². The quantitative estimate of drug-likeness (QED) is 0.697. The van der Waals surface area contributed by atoms with E-state index < -0.39 is 0 Å². The number of benzene rings is 2. The smallest absolute Gasteiger partial charge is 0.208 e. The minimum absolute atomic E-state index is 0.304. The van der Waals surface area contributed by atoms with E-state index in [2.05, 4.69) is 10.1 Å². The number of aryl methyl sites for hydroxylation is 1. The lowest BCUT2D eigenvalue weighted by molar-refractivity contribution is 0.628. The minimum Gasteiger partial charge on any atom is -0.241 e. The van der Waals surface area contributed by atoms with Crippen LogP contribution in [0.25, 0.3) is 10.6 Å². The van der Waals surface area contributed by atoms with Crippen LogP contribution in [0.4, 0.5) is 10.1 Å². The van der Waals surface area contributed by atoms with Gasteiger partial charge in [-0.15, -0.1) is 0 Å². The molecule has 0 aliphatic heterocycles. The van der Waals surface area contributed by atoms with Crippen LogP contribution in [0.3, 0.4) is 0 Å². The molecule has 106 valence electrons. The predicted octanol–water partition coefficient (Wildman–Crippen LogP) is 4.17. The average molecular weight is 320 g/mol. The standard InChI is InChI=1S/C15H11ClFN3S/c1-20-15(18-13-4-2-3-12(17)9-13)21-14(19-20)10-5-7-11(16)8-6-10/h2-9H,1H3. The second-order valence-corrected chi connectivity index (χ2v) is 5.80. The zero-order valence-electron chi connectivity index (χ0n) is 11.1. The third kappa shape index (κ3) is 3.20. The van der Waals surface area contributed by atoms with Gasteiger partial charge in [-0.05, 0) is 30.3 Å². The lowest BCUT2D eigenvalue weighted by Gasteiger charge is -1.94. The van der Waals surface area contributed by atoms with Crippen molar-refractivity contribution in [1.82, 2.24) is 9.78 Å². The van der Waals surface area contributed by atoms with E-state index in [1.807, 2.05) is 31.3 Å². The molecule has 3 rings (SSSR count). The molecule has 0 unspecified atom stereocenters. The van der Waals surface area contributed by atoms with E-state index in [9.17, 15) is 4.39 Å². The first-order valence-corrected chi connectivity index (χ1v) is 7.42. The Morgan fingerprint density at radius 3 is 2.67 bits per heavy atom. The van der Waals surface area contributed by atoms with Gasteiger partial charge in [0.05, 0.1) is 5.69 Å². The molecular formula is C15H11ClFN3S. The van der Waals surface area contributed by atoms with Crippen LogP contribution >= 0.6 is 22.9 Å². The van der Waals surface area contributed by atoms with Crippen molar-refractivity contribution in [3.63, 3.8) is 0 Å². The molecule has 0 atom stereocenters. The van der Waals surface area contributed by atoms with E-state index in [1.54, 1.807) is 16.8 Å². The molecule has 0 saturated heterocycles. The van der Waals surface area contributed by atoms with Crippen LogP contribution in [0.15, 0.2) is 53.5 Å². The SMILES string of the molecule is Cn1nc(-c2ccc(Cl)cc2)sc1=Nc1cccc(F)c1. The summed E-state index contributed by atoms with van der Waals surface area (Å²) in [7, 11) is 1.81. The van der Waals surface area contributed by atoms with E-state index in [1.165, 1.54) is 23.5 Å². The Hall–Kier alpha value is -1.98. The molecule has 0 aliphatic rings. The lowest BCUT2D eigenvalue weighted by atomic mass is 10.2. The molecule has 0 radical (unpaired) electrons. The molecule has 0 spiro atoms. The van der Waals surface area contributed by atoms with E-state index in [0.29, 0.717) is 15.5 Å². The fourth-order valence-corrected chi connectivity index (χ4v) is 2.85. The van der Waals surface area contributed by atoms with Gasteiger partial charge in [-0.3, -0.25) is 0 Å². The number of aromatic nitrogens is 2. The van der Waals surface area contributed by atoms with E-state index >= 15 is 0 Å². The number of hydrogen-bond acceptors (Lipinski definition) is 3. The molecular weight excluding hydrogens is 309 g/mol. The van der Waals surface area contributed by atoms with Crippen molar-refractivity contribution in [3.05, 3.63) is 64.2 Å². The highest BCUT2D eigenvalue weighted by molar-refractivity contribution is 7.12. The van der Waals surface area contributed by atoms with Crippen LogP contribution in [0.5, 0.6) is 0 Å². The van der Waals surface area contributed by atoms with Gasteiger partial charge in [-0.1, -0.05) is 41.1 Å². The predicted molar refractivity (Wildman–Crippen MR) is 83.2 cm³/mol. The topological polar surface area (TPSA) is 30.2 Å². The maximum atomic E-state index is 13.2. The Morgan fingerprint density at radius 2 is 1.95 bits per heavy atom. The normalized spacial score (nSPS) is 11.9. The number of nitrogens with zero attached hydrogens (tertiary/aromatic N) is 3. The molecule has 1 aromatic heterocycles. The number of rotatable bonds is 2. The highest BCUT2D eigenvalue weighted by Crippen LogP contribution is 2.21. The molecule has 0 aliphatic carbocycles. The summed E-state index contributed by atoms with van der Waals surface area (Å²) in [5.41, 5.74) is 1.54. The highest BCUT2D eigenvalue weighted by atomic mass is 35.5. The Morgan fingerprint density at radius 1 is 1.19 bits per heavy atom. The lowest BCUT2D eigenvalue weighted by Crippen LogP contribution is -2.10. The fourth-order valence-electron chi connectivity index (χ4n) is 1.81. The van der Waals surface area contributed by atoms with Crippen molar-refractivity contribution < 1.29 is 4.39 Å². The van der Waals surface area contributed by atoms with Gasteiger partial charge >= 0.3 is 0 Å². The van der Waals surface area contributed by atoms with Crippen molar-refractivity contribution in [3.8, 4) is 10.6 Å². The molecule has 0 N–H and O–H groups in total. The van der Waals surface area contributed by atoms with Crippen LogP contribution in [0, 0.1) is 5.82 Å². The summed E-state index contributed by atoms with van der Waals surface area (Å²) in [6.45, 7) is 0. The van der Waals surface area contributed by atoms with Gasteiger partial charge < -0.3 is 0 Å². The van der Waals surface area contributed by atoms with Crippen LogP contribution in [-0.2, 0) is 7.05 Å². The zero-order valence-corrected chi connectivity index (χ0v) is 12.7. The Balaban J connectivity index is 2.03. The summed E-state index contributed by atoms with van der Waals surface area (Å²) in [5, 5.41) is 5.96. The molecule has 6 heteroatoms. The molecule has 1 heterocycles. The number of hydrogen-bond donors (Lipinski definition) is 0. The monoisotopic (exact) mass is 319 g/mol. The first-order chi connectivity index (χ1) is 10.1. The molecule has 0 saturated carbocycles. The van der Waals surface area contributed by atoms with Crippen LogP contribution < -0.4 is 4.80 Å². The van der Waals surface area contributed by atoms with E-state index in [-0.39, 0.29) is 5.82 Å². The molecule has 2 aromatic carbocycles. The van der Waals surface area contributed by atoms with Gasteiger partial charge in [0.25, 0.3) is 0 Å². The van der Waals surface area contributed by atoms with Gasteiger partial charge in [-0.2, -0.15) is 5.10 Å². The minimum atomic E-state index is -0.304. The molecule has 0 bridgehead atoms. The van der Waals surface area contributed by atoms with E-state index in [4.69, 9.17) is 11.6 Å². The number of halogens is 2. The third-order valence-corrected chi connectivity index (χ3v) is 4.13. The maximum Gasteiger partial charge on any atom is 0.208 e. The largest absolute Gasteiger partial charge is 0.241 e. The Kier molecular flexibility index (Phi) is 3.86. The molecule has 3 aromatic rings. The Bertz CT molecular complexity index is 837. The summed E-state index contributed by atoms with van der Waals surface area (Å²) in [6, 6.07) is 13.6. The van der Waals surface area contributed by atoms with Crippen LogP contribution in [-0.4, -0.2) is 9.78 Å². The second-order valence-electron chi connectivity index (χ2n) is 4.41. The van der Waals surface area contributed by atoms with Gasteiger partial charge in [0.1, 0.15) is 10.8 Å². The fraction of sp³-hybridized carbons (Fsp3) is 0.0667. The van der Waals surface area contributed by atoms with Crippen LogP contribution in [0.2, 0.25) is 5.02 Å². The summed E-state index contributed by atoms with van der Waals surface area (Å²) in [4.78, 5) is 5.12. The molecule has 0 amide bonds. The summed E-state index contributed by atoms with van der Waals surface area (Å²) in [5.74, 6) is -0.304. The molecule has 3 nitrogen and oxygen atoms in total. The van der Waals surface area contributed by atoms with Gasteiger partial charge in [0.2, 0.25) is 4.80 Å².